The number of nitrogens with one attached hydrogen (secondary N) is 1. The van der Waals surface area contributed by atoms with E-state index in [-0.39, 0.29) is 12.1 Å². The Labute approximate surface area is 161 Å². The second kappa shape index (κ2) is 8.13. The predicted octanol–water partition coefficient (Wildman–Crippen LogP) is 2.37. The zero-order chi connectivity index (χ0) is 18.6. The summed E-state index contributed by atoms with van der Waals surface area (Å²) in [6.07, 6.45) is 6.14. The number of carbonyl (C=O) groups excluding carboxylic acids is 1. The van der Waals surface area contributed by atoms with Gasteiger partial charge in [-0.2, -0.15) is 5.10 Å². The number of rotatable bonds is 4. The maximum absolute atomic E-state index is 12.7. The molecule has 1 aromatic carbocycles. The molecule has 1 fully saturated rings. The van der Waals surface area contributed by atoms with Gasteiger partial charge in [0.25, 0.3) is 0 Å². The van der Waals surface area contributed by atoms with E-state index in [4.69, 9.17) is 0 Å². The lowest BCUT2D eigenvalue weighted by atomic mass is 9.93. The molecule has 0 spiro atoms. The minimum atomic E-state index is 0.0689. The summed E-state index contributed by atoms with van der Waals surface area (Å²) in [5, 5.41) is 7.61. The van der Waals surface area contributed by atoms with Crippen LogP contribution in [0.3, 0.4) is 0 Å². The molecule has 1 unspecified atom stereocenters. The van der Waals surface area contributed by atoms with E-state index in [1.807, 2.05) is 22.8 Å². The molecule has 2 aromatic rings. The lowest BCUT2D eigenvalue weighted by Gasteiger charge is -2.36. The van der Waals surface area contributed by atoms with Gasteiger partial charge in [0, 0.05) is 51.0 Å². The zero-order valence-corrected chi connectivity index (χ0v) is 16.1. The summed E-state index contributed by atoms with van der Waals surface area (Å²) >= 11 is 0. The average molecular weight is 367 g/mol. The molecule has 2 amide bonds. The minimum absolute atomic E-state index is 0.0689. The van der Waals surface area contributed by atoms with Gasteiger partial charge in [-0.15, -0.1) is 0 Å². The highest BCUT2D eigenvalue weighted by Crippen LogP contribution is 2.29. The Kier molecular flexibility index (Phi) is 5.43. The molecule has 1 saturated heterocycles. The van der Waals surface area contributed by atoms with Crippen molar-refractivity contribution in [2.24, 2.45) is 7.05 Å². The van der Waals surface area contributed by atoms with Crippen LogP contribution in [0.25, 0.3) is 0 Å². The fourth-order valence-corrected chi connectivity index (χ4v) is 4.20. The van der Waals surface area contributed by atoms with E-state index in [0.29, 0.717) is 0 Å². The molecule has 27 heavy (non-hydrogen) atoms. The summed E-state index contributed by atoms with van der Waals surface area (Å²) in [7, 11) is 1.98. The quantitative estimate of drug-likeness (QED) is 0.903. The monoisotopic (exact) mass is 367 g/mol. The van der Waals surface area contributed by atoms with E-state index in [0.717, 1.165) is 58.4 Å². The number of benzene rings is 1. The van der Waals surface area contributed by atoms with Crippen molar-refractivity contribution < 1.29 is 4.79 Å². The van der Waals surface area contributed by atoms with Gasteiger partial charge in [-0.05, 0) is 31.2 Å². The normalized spacial score (nSPS) is 20.3. The highest BCUT2D eigenvalue weighted by atomic mass is 16.2. The number of fused-ring (bicyclic) bond motifs is 1. The van der Waals surface area contributed by atoms with Crippen LogP contribution in [-0.2, 0) is 19.9 Å². The van der Waals surface area contributed by atoms with Crippen molar-refractivity contribution in [3.8, 4) is 0 Å². The number of hydrogen-bond acceptors (Lipinski definition) is 3. The first kappa shape index (κ1) is 18.0. The molecule has 1 atom stereocenters. The van der Waals surface area contributed by atoms with Gasteiger partial charge >= 0.3 is 6.03 Å². The molecular formula is C21H29N5O. The van der Waals surface area contributed by atoms with Crippen molar-refractivity contribution in [3.05, 3.63) is 53.3 Å². The molecular weight excluding hydrogens is 338 g/mol. The van der Waals surface area contributed by atoms with Gasteiger partial charge in [0.15, 0.2) is 0 Å². The number of nitrogens with zero attached hydrogens (tertiary/aromatic N) is 4. The van der Waals surface area contributed by atoms with Crippen molar-refractivity contribution in [3.63, 3.8) is 0 Å². The van der Waals surface area contributed by atoms with Crippen LogP contribution in [0.2, 0.25) is 0 Å². The van der Waals surface area contributed by atoms with Crippen molar-refractivity contribution in [1.29, 1.82) is 0 Å². The summed E-state index contributed by atoms with van der Waals surface area (Å²) in [6, 6.07) is 10.8. The van der Waals surface area contributed by atoms with Gasteiger partial charge < -0.3 is 10.2 Å². The second-order valence-corrected chi connectivity index (χ2v) is 7.63. The van der Waals surface area contributed by atoms with Crippen molar-refractivity contribution in [2.45, 2.75) is 31.7 Å². The van der Waals surface area contributed by atoms with Crippen molar-refractivity contribution >= 4 is 6.03 Å². The van der Waals surface area contributed by atoms with E-state index >= 15 is 0 Å². The standard InChI is InChI=1S/C21H29N5O/c1-24-20-9-5-8-19(18(20)16-22-24)23-21(27)26-14-12-25(13-15-26)11-10-17-6-3-2-4-7-17/h2-4,6-7,16,19H,5,8-15H2,1H3,(H,23,27). The number of amides is 2. The van der Waals surface area contributed by atoms with Crippen molar-refractivity contribution in [2.75, 3.05) is 32.7 Å². The molecule has 1 N–H and O–H groups in total. The maximum Gasteiger partial charge on any atom is 0.317 e. The Balaban J connectivity index is 1.26. The molecule has 2 heterocycles. The number of piperazine rings is 1. The summed E-state index contributed by atoms with van der Waals surface area (Å²) in [5.74, 6) is 0. The fraction of sp³-hybridized carbons (Fsp3) is 0.524. The van der Waals surface area contributed by atoms with Crippen LogP contribution in [0.1, 0.15) is 35.7 Å². The molecule has 1 aliphatic heterocycles. The van der Waals surface area contributed by atoms with Gasteiger partial charge in [-0.1, -0.05) is 30.3 Å². The molecule has 6 nitrogen and oxygen atoms in total. The lowest BCUT2D eigenvalue weighted by Crippen LogP contribution is -2.52. The highest BCUT2D eigenvalue weighted by Gasteiger charge is 2.27. The zero-order valence-electron chi connectivity index (χ0n) is 16.1. The summed E-state index contributed by atoms with van der Waals surface area (Å²) < 4.78 is 1.94. The molecule has 6 heteroatoms. The molecule has 0 bridgehead atoms. The van der Waals surface area contributed by atoms with Crippen LogP contribution in [-0.4, -0.2) is 58.3 Å². The molecule has 1 aliphatic carbocycles. The van der Waals surface area contributed by atoms with Gasteiger partial charge in [0.1, 0.15) is 0 Å². The number of aromatic nitrogens is 2. The van der Waals surface area contributed by atoms with Gasteiger partial charge in [0.05, 0.1) is 12.2 Å². The molecule has 0 radical (unpaired) electrons. The Morgan fingerprint density at radius 2 is 1.96 bits per heavy atom. The van der Waals surface area contributed by atoms with Crippen LogP contribution in [0.5, 0.6) is 0 Å². The van der Waals surface area contributed by atoms with Gasteiger partial charge in [0.2, 0.25) is 0 Å². The number of urea groups is 1. The molecule has 4 rings (SSSR count). The van der Waals surface area contributed by atoms with Crippen LogP contribution in [0.15, 0.2) is 36.5 Å². The number of aryl methyl sites for hydroxylation is 1. The third-order valence-electron chi connectivity index (χ3n) is 5.89. The topological polar surface area (TPSA) is 53.4 Å². The summed E-state index contributed by atoms with van der Waals surface area (Å²) in [5.41, 5.74) is 3.83. The second-order valence-electron chi connectivity index (χ2n) is 7.63. The SMILES string of the molecule is Cn1ncc2c1CCCC2NC(=O)N1CCN(CCc2ccccc2)CC1. The molecule has 144 valence electrons. The number of hydrogen-bond donors (Lipinski definition) is 1. The van der Waals surface area contributed by atoms with Crippen LogP contribution < -0.4 is 5.32 Å². The first-order chi connectivity index (χ1) is 13.2. The van der Waals surface area contributed by atoms with Crippen LogP contribution in [0.4, 0.5) is 4.79 Å². The van der Waals surface area contributed by atoms with E-state index < -0.39 is 0 Å². The summed E-state index contributed by atoms with van der Waals surface area (Å²) in [6.45, 7) is 4.55. The van der Waals surface area contributed by atoms with Crippen LogP contribution in [0, 0.1) is 0 Å². The largest absolute Gasteiger partial charge is 0.331 e. The van der Waals surface area contributed by atoms with E-state index in [9.17, 15) is 4.79 Å². The Bertz CT molecular complexity index is 764. The Morgan fingerprint density at radius 3 is 2.74 bits per heavy atom. The lowest BCUT2D eigenvalue weighted by molar-refractivity contribution is 0.137. The maximum atomic E-state index is 12.7. The molecule has 1 aromatic heterocycles. The highest BCUT2D eigenvalue weighted by molar-refractivity contribution is 5.75. The van der Waals surface area contributed by atoms with E-state index in [1.54, 1.807) is 0 Å². The minimum Gasteiger partial charge on any atom is -0.331 e. The third-order valence-corrected chi connectivity index (χ3v) is 5.89. The summed E-state index contributed by atoms with van der Waals surface area (Å²) in [4.78, 5) is 17.2. The van der Waals surface area contributed by atoms with Gasteiger partial charge in [-0.25, -0.2) is 4.79 Å². The van der Waals surface area contributed by atoms with Gasteiger partial charge in [-0.3, -0.25) is 9.58 Å². The number of carbonyl (C=O) groups is 1. The molecule has 0 saturated carbocycles. The first-order valence-electron chi connectivity index (χ1n) is 10.0. The third kappa shape index (κ3) is 4.16. The average Bonchev–Trinajstić information content (AvgIpc) is 3.10. The predicted molar refractivity (Wildman–Crippen MR) is 106 cm³/mol. The van der Waals surface area contributed by atoms with E-state index in [2.05, 4.69) is 45.6 Å². The fourth-order valence-electron chi connectivity index (χ4n) is 4.20. The van der Waals surface area contributed by atoms with Crippen molar-refractivity contribution in [1.82, 2.24) is 24.9 Å². The smallest absolute Gasteiger partial charge is 0.317 e. The first-order valence-corrected chi connectivity index (χ1v) is 10.0. The van der Waals surface area contributed by atoms with Crippen LogP contribution >= 0.6 is 0 Å². The Hall–Kier alpha value is -2.34. The van der Waals surface area contributed by atoms with E-state index in [1.165, 1.54) is 16.8 Å². The Morgan fingerprint density at radius 1 is 1.19 bits per heavy atom. The molecule has 2 aliphatic rings.